The van der Waals surface area contributed by atoms with Gasteiger partial charge in [-0.3, -0.25) is 15.1 Å². The maximum Gasteiger partial charge on any atom is 0.416 e. The summed E-state index contributed by atoms with van der Waals surface area (Å²) in [5.74, 6) is 0.656. The average Bonchev–Trinajstić information content (AvgIpc) is 3.45. The van der Waals surface area contributed by atoms with Crippen LogP contribution >= 0.6 is 0 Å². The number of hydrazine groups is 1. The van der Waals surface area contributed by atoms with Crippen molar-refractivity contribution in [1.29, 1.82) is 0 Å². The van der Waals surface area contributed by atoms with Gasteiger partial charge in [0.1, 0.15) is 17.7 Å². The minimum atomic E-state index is -4.48. The third-order valence-corrected chi connectivity index (χ3v) is 6.45. The van der Waals surface area contributed by atoms with Crippen LogP contribution in [0.5, 0.6) is 0 Å². The Morgan fingerprint density at radius 3 is 2.65 bits per heavy atom. The highest BCUT2D eigenvalue weighted by Crippen LogP contribution is 2.36. The van der Waals surface area contributed by atoms with Crippen LogP contribution in [0.25, 0.3) is 0 Å². The molecule has 1 amide bonds. The number of allylic oxidation sites excluding steroid dienone is 1. The molecule has 8 nitrogen and oxygen atoms in total. The number of nitrogens with one attached hydrogen (secondary N) is 5. The molecule has 0 aromatic heterocycles. The van der Waals surface area contributed by atoms with E-state index in [1.165, 1.54) is 12.1 Å². The van der Waals surface area contributed by atoms with Crippen molar-refractivity contribution in [3.63, 3.8) is 0 Å². The van der Waals surface area contributed by atoms with E-state index in [-0.39, 0.29) is 17.6 Å². The number of hydrogen-bond donors (Lipinski definition) is 5. The molecule has 0 spiro atoms. The summed E-state index contributed by atoms with van der Waals surface area (Å²) in [4.78, 5) is 15.5. The smallest absolute Gasteiger partial charge is 0.363 e. The van der Waals surface area contributed by atoms with Gasteiger partial charge in [-0.2, -0.15) is 13.2 Å². The zero-order valence-corrected chi connectivity index (χ0v) is 18.7. The normalized spacial score (nSPS) is 26.7. The quantitative estimate of drug-likeness (QED) is 0.425. The zero-order valence-electron chi connectivity index (χ0n) is 18.7. The maximum absolute atomic E-state index is 13.6. The van der Waals surface area contributed by atoms with Crippen molar-refractivity contribution in [2.24, 2.45) is 0 Å². The van der Waals surface area contributed by atoms with E-state index < -0.39 is 24.1 Å². The Morgan fingerprint density at radius 2 is 1.88 bits per heavy atom. The predicted octanol–water partition coefficient (Wildman–Crippen LogP) is 1.81. The van der Waals surface area contributed by atoms with E-state index in [2.05, 4.69) is 37.7 Å². The number of amides is 1. The number of rotatable bonds is 4. The standard InChI is InChI=1S/C23H28F3N7O/c1-14-20(21(34)30-22-27-11-10-18(29-22)32-12-4-5-13-32)33-19(28-14)9-8-17(31-33)15-6-2-3-7-16(15)23(24,25)26/h2-3,6-10,17,19,22,27-29,31H,4-5,11-13H2,1H3,(H,30,34). The van der Waals surface area contributed by atoms with Gasteiger partial charge in [-0.15, -0.1) is 0 Å². The molecule has 3 unspecified atom stereocenters. The van der Waals surface area contributed by atoms with Crippen LogP contribution in [0.1, 0.15) is 36.9 Å². The van der Waals surface area contributed by atoms with Crippen LogP contribution in [0, 0.1) is 0 Å². The number of fused-ring (bicyclic) bond motifs is 1. The number of alkyl halides is 3. The van der Waals surface area contributed by atoms with Gasteiger partial charge < -0.3 is 20.9 Å². The number of hydrogen-bond acceptors (Lipinski definition) is 7. The Balaban J connectivity index is 1.30. The molecule has 0 radical (unpaired) electrons. The third kappa shape index (κ3) is 4.32. The molecular formula is C23H28F3N7O. The molecule has 5 N–H and O–H groups in total. The molecule has 1 fully saturated rings. The Hall–Kier alpha value is -3.18. The van der Waals surface area contributed by atoms with Crippen molar-refractivity contribution >= 4 is 5.91 Å². The van der Waals surface area contributed by atoms with Crippen molar-refractivity contribution in [2.45, 2.75) is 44.4 Å². The van der Waals surface area contributed by atoms with Crippen molar-refractivity contribution in [3.05, 3.63) is 70.8 Å². The minimum absolute atomic E-state index is 0.102. The van der Waals surface area contributed by atoms with Crippen LogP contribution in [0.4, 0.5) is 13.2 Å². The van der Waals surface area contributed by atoms with Crippen LogP contribution in [-0.4, -0.2) is 47.9 Å². The van der Waals surface area contributed by atoms with Gasteiger partial charge in [0.15, 0.2) is 6.29 Å². The molecule has 34 heavy (non-hydrogen) atoms. The van der Waals surface area contributed by atoms with Crippen molar-refractivity contribution in [1.82, 2.24) is 36.6 Å². The second-order valence-electron chi connectivity index (χ2n) is 8.75. The number of benzene rings is 1. The topological polar surface area (TPSA) is 83.7 Å². The van der Waals surface area contributed by atoms with Gasteiger partial charge in [-0.1, -0.05) is 24.3 Å². The van der Waals surface area contributed by atoms with E-state index in [9.17, 15) is 18.0 Å². The fourth-order valence-electron chi connectivity index (χ4n) is 4.84. The van der Waals surface area contributed by atoms with Gasteiger partial charge >= 0.3 is 6.18 Å². The first kappa shape index (κ1) is 22.6. The van der Waals surface area contributed by atoms with Crippen LogP contribution in [0.3, 0.4) is 0 Å². The van der Waals surface area contributed by atoms with E-state index in [1.807, 2.05) is 0 Å². The van der Waals surface area contributed by atoms with Crippen LogP contribution in [0.2, 0.25) is 0 Å². The Bertz CT molecular complexity index is 1050. The molecule has 5 rings (SSSR count). The molecule has 0 bridgehead atoms. The molecule has 1 aromatic carbocycles. The summed E-state index contributed by atoms with van der Waals surface area (Å²) in [5, 5.41) is 14.3. The average molecular weight is 476 g/mol. The van der Waals surface area contributed by atoms with Crippen LogP contribution < -0.4 is 26.7 Å². The van der Waals surface area contributed by atoms with Crippen LogP contribution in [0.15, 0.2) is 59.7 Å². The molecule has 1 saturated heterocycles. The molecule has 11 heteroatoms. The monoisotopic (exact) mass is 475 g/mol. The second-order valence-corrected chi connectivity index (χ2v) is 8.75. The van der Waals surface area contributed by atoms with Gasteiger partial charge in [-0.25, -0.2) is 5.43 Å². The van der Waals surface area contributed by atoms with E-state index in [4.69, 9.17) is 0 Å². The largest absolute Gasteiger partial charge is 0.416 e. The highest BCUT2D eigenvalue weighted by molar-refractivity contribution is 5.94. The van der Waals surface area contributed by atoms with Gasteiger partial charge in [0.05, 0.1) is 11.6 Å². The van der Waals surface area contributed by atoms with Gasteiger partial charge in [0, 0.05) is 25.3 Å². The third-order valence-electron chi connectivity index (χ3n) is 6.45. The highest BCUT2D eigenvalue weighted by atomic mass is 19.4. The summed E-state index contributed by atoms with van der Waals surface area (Å²) in [7, 11) is 0. The SMILES string of the molecule is CC1=C(C(=O)NC2NCC=C(N3CCCC3)N2)N2NC(c3ccccc3C(F)(F)F)C=CC2N1. The van der Waals surface area contributed by atoms with Gasteiger partial charge in [0.2, 0.25) is 0 Å². The minimum Gasteiger partial charge on any atom is -0.363 e. The number of carbonyl (C=O) groups excluding carboxylic acids is 1. The Morgan fingerprint density at radius 1 is 1.12 bits per heavy atom. The summed E-state index contributed by atoms with van der Waals surface area (Å²) in [6.45, 7) is 4.36. The van der Waals surface area contributed by atoms with Crippen molar-refractivity contribution in [3.8, 4) is 0 Å². The molecule has 3 atom stereocenters. The molecule has 4 aliphatic heterocycles. The molecule has 4 heterocycles. The fourth-order valence-corrected chi connectivity index (χ4v) is 4.84. The maximum atomic E-state index is 13.6. The summed E-state index contributed by atoms with van der Waals surface area (Å²) in [6.07, 6.45) is 2.50. The lowest BCUT2D eigenvalue weighted by Gasteiger charge is -2.36. The van der Waals surface area contributed by atoms with Crippen LogP contribution in [-0.2, 0) is 11.0 Å². The first-order chi connectivity index (χ1) is 16.3. The summed E-state index contributed by atoms with van der Waals surface area (Å²) >= 11 is 0. The van der Waals surface area contributed by atoms with E-state index in [0.29, 0.717) is 17.9 Å². The van der Waals surface area contributed by atoms with Gasteiger partial charge in [-0.05, 0) is 43.5 Å². The number of halogens is 3. The van der Waals surface area contributed by atoms with Crippen molar-refractivity contribution < 1.29 is 18.0 Å². The summed E-state index contributed by atoms with van der Waals surface area (Å²) < 4.78 is 40.7. The molecule has 4 aliphatic rings. The van der Waals surface area contributed by atoms with Crippen molar-refractivity contribution in [2.75, 3.05) is 19.6 Å². The zero-order chi connectivity index (χ0) is 23.9. The molecule has 0 aliphatic carbocycles. The summed E-state index contributed by atoms with van der Waals surface area (Å²) in [6, 6.07) is 4.74. The van der Waals surface area contributed by atoms with Gasteiger partial charge in [0.25, 0.3) is 5.91 Å². The molecule has 182 valence electrons. The Labute approximate surface area is 195 Å². The lowest BCUT2D eigenvalue weighted by molar-refractivity contribution is -0.138. The lowest BCUT2D eigenvalue weighted by atomic mass is 9.99. The second kappa shape index (κ2) is 8.88. The molecule has 0 saturated carbocycles. The van der Waals surface area contributed by atoms with E-state index in [0.717, 1.165) is 37.8 Å². The van der Waals surface area contributed by atoms with E-state index >= 15 is 0 Å². The molecular weight excluding hydrogens is 447 g/mol. The number of carbonyl (C=O) groups is 1. The van der Waals surface area contributed by atoms with E-state index in [1.54, 1.807) is 30.2 Å². The first-order valence-electron chi connectivity index (χ1n) is 11.4. The number of likely N-dealkylation sites (tertiary alicyclic amines) is 1. The molecule has 1 aromatic rings. The predicted molar refractivity (Wildman–Crippen MR) is 120 cm³/mol. The lowest BCUT2D eigenvalue weighted by Crippen LogP contribution is -2.60. The fraction of sp³-hybridized carbons (Fsp3) is 0.435. The number of nitrogens with zero attached hydrogens (tertiary/aromatic N) is 2. The highest BCUT2D eigenvalue weighted by Gasteiger charge is 2.40. The first-order valence-corrected chi connectivity index (χ1v) is 11.4. The summed E-state index contributed by atoms with van der Waals surface area (Å²) in [5.41, 5.74) is 3.47. The Kier molecular flexibility index (Phi) is 5.90.